The summed E-state index contributed by atoms with van der Waals surface area (Å²) in [4.78, 5) is 12.0. The second-order valence-electron chi connectivity index (χ2n) is 7.06. The second-order valence-corrected chi connectivity index (χ2v) is 11.0. The summed E-state index contributed by atoms with van der Waals surface area (Å²) in [6.07, 6.45) is 0.340. The summed E-state index contributed by atoms with van der Waals surface area (Å²) in [6, 6.07) is 10.4. The van der Waals surface area contributed by atoms with Gasteiger partial charge in [-0.25, -0.2) is 16.8 Å². The average molecular weight is 469 g/mol. The van der Waals surface area contributed by atoms with E-state index in [-0.39, 0.29) is 22.9 Å². The number of aliphatic carboxylic acids is 1. The van der Waals surface area contributed by atoms with E-state index < -0.39 is 38.6 Å². The van der Waals surface area contributed by atoms with Crippen LogP contribution in [0.3, 0.4) is 0 Å². The first kappa shape index (κ1) is 23.0. The molecule has 31 heavy (non-hydrogen) atoms. The second kappa shape index (κ2) is 8.85. The van der Waals surface area contributed by atoms with Crippen LogP contribution in [0.15, 0.2) is 53.4 Å². The fraction of sp³-hybridized carbons (Fsp3) is 0.350. The summed E-state index contributed by atoms with van der Waals surface area (Å²) in [5.74, 6) is -1.16. The molecule has 0 saturated heterocycles. The summed E-state index contributed by atoms with van der Waals surface area (Å²) in [6.45, 7) is 0.903. The molecule has 1 N–H and O–H groups in total. The van der Waals surface area contributed by atoms with Crippen molar-refractivity contribution in [2.45, 2.75) is 30.8 Å². The molecule has 1 atom stereocenters. The minimum Gasteiger partial charge on any atom is -0.497 e. The molecule has 0 amide bonds. The number of ether oxygens (including phenoxy) is 1. The van der Waals surface area contributed by atoms with Crippen molar-refractivity contribution in [3.05, 3.63) is 54.1 Å². The van der Waals surface area contributed by atoms with Crippen LogP contribution >= 0.6 is 0 Å². The summed E-state index contributed by atoms with van der Waals surface area (Å²) in [5, 5.41) is 9.87. The number of rotatable bonds is 7. The first-order chi connectivity index (χ1) is 14.6. The van der Waals surface area contributed by atoms with Gasteiger partial charge in [0.1, 0.15) is 11.8 Å². The third kappa shape index (κ3) is 4.53. The van der Waals surface area contributed by atoms with E-state index in [1.807, 2.05) is 0 Å². The largest absolute Gasteiger partial charge is 0.497 e. The molecule has 0 spiro atoms. The summed E-state index contributed by atoms with van der Waals surface area (Å²) in [5.41, 5.74) is 0.692. The normalized spacial score (nSPS) is 17.6. The fourth-order valence-corrected chi connectivity index (χ4v) is 6.61. The zero-order chi connectivity index (χ0) is 22.8. The van der Waals surface area contributed by atoms with Crippen molar-refractivity contribution < 1.29 is 31.5 Å². The molecule has 0 bridgehead atoms. The van der Waals surface area contributed by atoms with Crippen LogP contribution in [0, 0.1) is 0 Å². The SMILES string of the molecule is CCCS(=O)(=O)N1CC(C(=O)O)N(S(=O)(=O)c2ccc(OC)cc2)Cc2ccccc21. The number of hydrogen-bond acceptors (Lipinski definition) is 6. The van der Waals surface area contributed by atoms with E-state index in [1.165, 1.54) is 31.4 Å². The van der Waals surface area contributed by atoms with Crippen molar-refractivity contribution in [1.29, 1.82) is 0 Å². The van der Waals surface area contributed by atoms with Gasteiger partial charge in [-0.05, 0) is 42.3 Å². The summed E-state index contributed by atoms with van der Waals surface area (Å²) < 4.78 is 59.6. The lowest BCUT2D eigenvalue weighted by molar-refractivity contribution is -0.141. The van der Waals surface area contributed by atoms with Gasteiger partial charge in [0.2, 0.25) is 20.0 Å². The van der Waals surface area contributed by atoms with Gasteiger partial charge in [-0.1, -0.05) is 25.1 Å². The van der Waals surface area contributed by atoms with Crippen LogP contribution in [-0.4, -0.2) is 57.7 Å². The Morgan fingerprint density at radius 2 is 1.74 bits per heavy atom. The number of benzene rings is 2. The molecule has 168 valence electrons. The minimum absolute atomic E-state index is 0.109. The Hall–Kier alpha value is -2.63. The molecule has 0 saturated carbocycles. The molecule has 1 heterocycles. The van der Waals surface area contributed by atoms with E-state index >= 15 is 0 Å². The number of nitrogens with zero attached hydrogens (tertiary/aromatic N) is 2. The Morgan fingerprint density at radius 1 is 1.10 bits per heavy atom. The quantitative estimate of drug-likeness (QED) is 0.659. The van der Waals surface area contributed by atoms with Gasteiger partial charge >= 0.3 is 5.97 Å². The first-order valence-electron chi connectivity index (χ1n) is 9.59. The van der Waals surface area contributed by atoms with Crippen LogP contribution < -0.4 is 9.04 Å². The van der Waals surface area contributed by atoms with Crippen LogP contribution in [0.5, 0.6) is 5.75 Å². The summed E-state index contributed by atoms with van der Waals surface area (Å²) >= 11 is 0. The van der Waals surface area contributed by atoms with Gasteiger partial charge < -0.3 is 9.84 Å². The third-order valence-corrected chi connectivity index (χ3v) is 8.83. The number of carbonyl (C=O) groups is 1. The predicted octanol–water partition coefficient (Wildman–Crippen LogP) is 1.90. The lowest BCUT2D eigenvalue weighted by Crippen LogP contribution is -2.50. The smallest absolute Gasteiger partial charge is 0.323 e. The van der Waals surface area contributed by atoms with Crippen LogP contribution in [0.4, 0.5) is 5.69 Å². The molecular formula is C20H24N2O7S2. The first-order valence-corrected chi connectivity index (χ1v) is 12.6. The molecule has 2 aromatic carbocycles. The van der Waals surface area contributed by atoms with E-state index in [4.69, 9.17) is 4.74 Å². The molecule has 0 aliphatic carbocycles. The number of para-hydroxylation sites is 1. The molecule has 0 aromatic heterocycles. The lowest BCUT2D eigenvalue weighted by atomic mass is 10.2. The monoisotopic (exact) mass is 468 g/mol. The van der Waals surface area contributed by atoms with E-state index in [1.54, 1.807) is 31.2 Å². The van der Waals surface area contributed by atoms with E-state index in [9.17, 15) is 26.7 Å². The highest BCUT2D eigenvalue weighted by molar-refractivity contribution is 7.92. The van der Waals surface area contributed by atoms with Crippen molar-refractivity contribution in [3.63, 3.8) is 0 Å². The molecule has 0 radical (unpaired) electrons. The molecule has 11 heteroatoms. The molecule has 0 fully saturated rings. The molecule has 1 aliphatic rings. The van der Waals surface area contributed by atoms with Crippen LogP contribution in [0.2, 0.25) is 0 Å². The highest BCUT2D eigenvalue weighted by Gasteiger charge is 2.42. The topological polar surface area (TPSA) is 121 Å². The van der Waals surface area contributed by atoms with Gasteiger partial charge in [0.25, 0.3) is 0 Å². The van der Waals surface area contributed by atoms with Crippen molar-refractivity contribution in [2.24, 2.45) is 0 Å². The summed E-state index contributed by atoms with van der Waals surface area (Å²) in [7, 11) is -6.65. The number of methoxy groups -OCH3 is 1. The Kier molecular flexibility index (Phi) is 6.58. The van der Waals surface area contributed by atoms with E-state index in [2.05, 4.69) is 0 Å². The maximum atomic E-state index is 13.4. The number of sulfonamides is 2. The number of carboxylic acid groups (broad SMARTS) is 1. The zero-order valence-corrected chi connectivity index (χ0v) is 18.8. The molecular weight excluding hydrogens is 444 g/mol. The van der Waals surface area contributed by atoms with Gasteiger partial charge in [-0.15, -0.1) is 0 Å². The van der Waals surface area contributed by atoms with Gasteiger partial charge in [0.05, 0.1) is 30.0 Å². The standard InChI is InChI=1S/C20H24N2O7S2/c1-3-12-30(25,26)21-14-19(20(23)24)22(13-15-6-4-5-7-18(15)21)31(27,28)17-10-8-16(29-2)9-11-17/h4-11,19H,3,12-14H2,1-2H3,(H,23,24). The van der Waals surface area contributed by atoms with E-state index in [0.29, 0.717) is 17.7 Å². The maximum absolute atomic E-state index is 13.4. The Bertz CT molecular complexity index is 1160. The predicted molar refractivity (Wildman–Crippen MR) is 115 cm³/mol. The lowest BCUT2D eigenvalue weighted by Gasteiger charge is -2.29. The Morgan fingerprint density at radius 3 is 2.32 bits per heavy atom. The highest BCUT2D eigenvalue weighted by atomic mass is 32.2. The number of fused-ring (bicyclic) bond motifs is 1. The molecule has 3 rings (SSSR count). The van der Waals surface area contributed by atoms with Crippen molar-refractivity contribution in [3.8, 4) is 5.75 Å². The highest BCUT2D eigenvalue weighted by Crippen LogP contribution is 2.33. The molecule has 1 aliphatic heterocycles. The zero-order valence-electron chi connectivity index (χ0n) is 17.1. The van der Waals surface area contributed by atoms with Gasteiger partial charge in [-0.3, -0.25) is 9.10 Å². The third-order valence-electron chi connectivity index (χ3n) is 5.02. The molecule has 9 nitrogen and oxygen atoms in total. The Labute approximate surface area is 182 Å². The number of anilines is 1. The average Bonchev–Trinajstić information content (AvgIpc) is 2.92. The van der Waals surface area contributed by atoms with Crippen molar-refractivity contribution in [2.75, 3.05) is 23.7 Å². The van der Waals surface area contributed by atoms with Crippen LogP contribution in [-0.2, 0) is 31.4 Å². The van der Waals surface area contributed by atoms with Gasteiger partial charge in [0.15, 0.2) is 0 Å². The fourth-order valence-electron chi connectivity index (χ4n) is 3.48. The number of hydrogen-bond donors (Lipinski definition) is 1. The van der Waals surface area contributed by atoms with Crippen molar-refractivity contribution >= 4 is 31.7 Å². The van der Waals surface area contributed by atoms with Gasteiger partial charge in [-0.2, -0.15) is 4.31 Å². The van der Waals surface area contributed by atoms with Crippen LogP contribution in [0.1, 0.15) is 18.9 Å². The Balaban J connectivity index is 2.15. The molecule has 1 unspecified atom stereocenters. The maximum Gasteiger partial charge on any atom is 0.323 e. The van der Waals surface area contributed by atoms with E-state index in [0.717, 1.165) is 8.61 Å². The van der Waals surface area contributed by atoms with Crippen molar-refractivity contribution in [1.82, 2.24) is 4.31 Å². The van der Waals surface area contributed by atoms with Crippen LogP contribution in [0.25, 0.3) is 0 Å². The number of carboxylic acids is 1. The van der Waals surface area contributed by atoms with Gasteiger partial charge in [0, 0.05) is 6.54 Å². The minimum atomic E-state index is -4.25. The molecule has 2 aromatic rings.